The van der Waals surface area contributed by atoms with Gasteiger partial charge in [0.2, 0.25) is 6.43 Å². The van der Waals surface area contributed by atoms with E-state index < -0.39 is 18.1 Å². The van der Waals surface area contributed by atoms with Crippen molar-refractivity contribution in [2.75, 3.05) is 0 Å². The molecule has 2 rings (SSSR count). The molecule has 0 aliphatic carbocycles. The van der Waals surface area contributed by atoms with Crippen LogP contribution in [0.2, 0.25) is 0 Å². The molecule has 1 aromatic heterocycles. The molecule has 0 spiro atoms. The number of hydrogen-bond donors (Lipinski definition) is 0. The molecule has 1 nitrogen and oxygen atoms in total. The number of hydrogen-bond acceptors (Lipinski definition) is 2. The standard InChI is InChI=1S/C13H9ClF2OS/c14-13(17)11-9(6-10(15)16)7-18-12(11)8-4-2-1-3-5-8/h1-5,7,10H,6H2. The second-order valence-electron chi connectivity index (χ2n) is 3.70. The van der Waals surface area contributed by atoms with Crippen LogP contribution in [0.15, 0.2) is 35.7 Å². The number of benzene rings is 1. The highest BCUT2D eigenvalue weighted by molar-refractivity contribution is 7.14. The lowest BCUT2D eigenvalue weighted by molar-refractivity contribution is 0.107. The summed E-state index contributed by atoms with van der Waals surface area (Å²) in [5.41, 5.74) is 1.33. The maximum atomic E-state index is 12.4. The van der Waals surface area contributed by atoms with Crippen molar-refractivity contribution in [1.29, 1.82) is 0 Å². The number of alkyl halides is 2. The molecule has 1 aromatic carbocycles. The Morgan fingerprint density at radius 1 is 1.28 bits per heavy atom. The Bertz CT molecular complexity index is 551. The molecule has 5 heteroatoms. The van der Waals surface area contributed by atoms with E-state index in [0.717, 1.165) is 5.56 Å². The molecule has 0 saturated carbocycles. The first kappa shape index (κ1) is 13.2. The van der Waals surface area contributed by atoms with Crippen molar-refractivity contribution in [2.45, 2.75) is 12.8 Å². The molecule has 1 heterocycles. The van der Waals surface area contributed by atoms with Crippen LogP contribution in [0.3, 0.4) is 0 Å². The van der Waals surface area contributed by atoms with Crippen molar-refractivity contribution in [3.8, 4) is 10.4 Å². The fourth-order valence-corrected chi connectivity index (χ4v) is 3.09. The van der Waals surface area contributed by atoms with E-state index >= 15 is 0 Å². The topological polar surface area (TPSA) is 17.1 Å². The number of carbonyl (C=O) groups is 1. The SMILES string of the molecule is O=C(Cl)c1c(CC(F)F)csc1-c1ccccc1. The van der Waals surface area contributed by atoms with Gasteiger partial charge in [-0.05, 0) is 28.1 Å². The lowest BCUT2D eigenvalue weighted by Gasteiger charge is -2.03. The Kier molecular flexibility index (Phi) is 4.09. The van der Waals surface area contributed by atoms with Gasteiger partial charge in [0, 0.05) is 11.3 Å². The number of rotatable bonds is 4. The molecule has 0 radical (unpaired) electrons. The van der Waals surface area contributed by atoms with Gasteiger partial charge in [-0.2, -0.15) is 0 Å². The minimum Gasteiger partial charge on any atom is -0.276 e. The highest BCUT2D eigenvalue weighted by Gasteiger charge is 2.20. The summed E-state index contributed by atoms with van der Waals surface area (Å²) >= 11 is 6.77. The predicted molar refractivity (Wildman–Crippen MR) is 69.6 cm³/mol. The molecule has 0 aliphatic rings. The van der Waals surface area contributed by atoms with E-state index in [9.17, 15) is 13.6 Å². The van der Waals surface area contributed by atoms with Crippen LogP contribution in [0, 0.1) is 0 Å². The van der Waals surface area contributed by atoms with Crippen LogP contribution in [-0.4, -0.2) is 11.7 Å². The summed E-state index contributed by atoms with van der Waals surface area (Å²) in [4.78, 5) is 12.1. The normalized spacial score (nSPS) is 10.9. The maximum absolute atomic E-state index is 12.4. The number of halogens is 3. The van der Waals surface area contributed by atoms with E-state index in [1.807, 2.05) is 30.3 Å². The molecule has 94 valence electrons. The van der Waals surface area contributed by atoms with Gasteiger partial charge in [0.15, 0.2) is 0 Å². The van der Waals surface area contributed by atoms with Gasteiger partial charge in [0.1, 0.15) is 0 Å². The summed E-state index contributed by atoms with van der Waals surface area (Å²) in [6.45, 7) is 0. The summed E-state index contributed by atoms with van der Waals surface area (Å²) in [5, 5.41) is 0.884. The van der Waals surface area contributed by atoms with Crippen LogP contribution in [0.1, 0.15) is 15.9 Å². The van der Waals surface area contributed by atoms with Crippen LogP contribution in [0.25, 0.3) is 10.4 Å². The summed E-state index contributed by atoms with van der Waals surface area (Å²) in [7, 11) is 0. The van der Waals surface area contributed by atoms with Gasteiger partial charge in [-0.3, -0.25) is 4.79 Å². The Morgan fingerprint density at radius 3 is 2.50 bits per heavy atom. The fourth-order valence-electron chi connectivity index (χ4n) is 1.73. The van der Waals surface area contributed by atoms with Gasteiger partial charge >= 0.3 is 0 Å². The van der Waals surface area contributed by atoms with E-state index in [2.05, 4.69) is 0 Å². The second kappa shape index (κ2) is 5.59. The van der Waals surface area contributed by atoms with Crippen molar-refractivity contribution < 1.29 is 13.6 Å². The fraction of sp³-hybridized carbons (Fsp3) is 0.154. The van der Waals surface area contributed by atoms with E-state index in [1.165, 1.54) is 11.3 Å². The van der Waals surface area contributed by atoms with Gasteiger partial charge in [0.05, 0.1) is 5.56 Å². The average molecular weight is 287 g/mol. The Labute approximate surface area is 112 Å². The molecule has 0 N–H and O–H groups in total. The first-order valence-corrected chi connectivity index (χ1v) is 6.49. The quantitative estimate of drug-likeness (QED) is 0.751. The number of carbonyl (C=O) groups excluding carboxylic acids is 1. The predicted octanol–water partition coefficient (Wildman–Crippen LogP) is 4.60. The minimum absolute atomic E-state index is 0.202. The monoisotopic (exact) mass is 286 g/mol. The number of thiophene rings is 1. The van der Waals surface area contributed by atoms with E-state index in [0.29, 0.717) is 10.4 Å². The van der Waals surface area contributed by atoms with Crippen molar-refractivity contribution in [2.24, 2.45) is 0 Å². The summed E-state index contributed by atoms with van der Waals surface area (Å²) in [5.74, 6) is 0. The highest BCUT2D eigenvalue weighted by atomic mass is 35.5. The van der Waals surface area contributed by atoms with Crippen LogP contribution >= 0.6 is 22.9 Å². The molecule has 0 unspecified atom stereocenters. The molecule has 0 aliphatic heterocycles. The largest absolute Gasteiger partial charge is 0.276 e. The lowest BCUT2D eigenvalue weighted by Crippen LogP contribution is -2.01. The summed E-state index contributed by atoms with van der Waals surface area (Å²) in [6, 6.07) is 9.14. The third kappa shape index (κ3) is 2.76. The Hall–Kier alpha value is -1.26. The van der Waals surface area contributed by atoms with Crippen LogP contribution in [0.5, 0.6) is 0 Å². The van der Waals surface area contributed by atoms with Gasteiger partial charge in [-0.15, -0.1) is 11.3 Å². The molecule has 18 heavy (non-hydrogen) atoms. The van der Waals surface area contributed by atoms with E-state index in [-0.39, 0.29) is 5.56 Å². The first-order valence-electron chi connectivity index (χ1n) is 5.23. The molecule has 0 amide bonds. The Balaban J connectivity index is 2.49. The van der Waals surface area contributed by atoms with E-state index in [1.54, 1.807) is 5.38 Å². The molecule has 0 saturated heterocycles. The molecule has 0 atom stereocenters. The maximum Gasteiger partial charge on any atom is 0.254 e. The zero-order valence-electron chi connectivity index (χ0n) is 9.20. The van der Waals surface area contributed by atoms with Crippen LogP contribution < -0.4 is 0 Å². The summed E-state index contributed by atoms with van der Waals surface area (Å²) < 4.78 is 24.9. The molecule has 0 bridgehead atoms. The molecular formula is C13H9ClF2OS. The van der Waals surface area contributed by atoms with E-state index in [4.69, 9.17) is 11.6 Å². The van der Waals surface area contributed by atoms with Crippen molar-refractivity contribution in [3.05, 3.63) is 46.8 Å². The molecular weight excluding hydrogens is 278 g/mol. The third-order valence-corrected chi connectivity index (χ3v) is 3.74. The van der Waals surface area contributed by atoms with Crippen LogP contribution in [0.4, 0.5) is 8.78 Å². The van der Waals surface area contributed by atoms with Gasteiger partial charge < -0.3 is 0 Å². The minimum atomic E-state index is -2.49. The van der Waals surface area contributed by atoms with Crippen molar-refractivity contribution in [3.63, 3.8) is 0 Å². The van der Waals surface area contributed by atoms with Crippen molar-refractivity contribution >= 4 is 28.2 Å². The first-order chi connectivity index (χ1) is 8.59. The van der Waals surface area contributed by atoms with Gasteiger partial charge in [-0.25, -0.2) is 8.78 Å². The zero-order valence-corrected chi connectivity index (χ0v) is 10.8. The third-order valence-electron chi connectivity index (χ3n) is 2.47. The van der Waals surface area contributed by atoms with Gasteiger partial charge in [-0.1, -0.05) is 30.3 Å². The summed E-state index contributed by atoms with van der Waals surface area (Å²) in [6.07, 6.45) is -2.94. The van der Waals surface area contributed by atoms with Crippen molar-refractivity contribution in [1.82, 2.24) is 0 Å². The molecule has 0 fully saturated rings. The van der Waals surface area contributed by atoms with Crippen LogP contribution in [-0.2, 0) is 6.42 Å². The molecule has 2 aromatic rings. The second-order valence-corrected chi connectivity index (χ2v) is 4.92. The highest BCUT2D eigenvalue weighted by Crippen LogP contribution is 2.34. The Morgan fingerprint density at radius 2 is 1.94 bits per heavy atom. The lowest BCUT2D eigenvalue weighted by atomic mass is 10.1. The average Bonchev–Trinajstić information content (AvgIpc) is 2.73. The van der Waals surface area contributed by atoms with Gasteiger partial charge in [0.25, 0.3) is 5.24 Å². The smallest absolute Gasteiger partial charge is 0.254 e. The zero-order chi connectivity index (χ0) is 13.1.